The van der Waals surface area contributed by atoms with E-state index in [1.807, 2.05) is 30.0 Å². The first-order valence-corrected chi connectivity index (χ1v) is 8.03. The van der Waals surface area contributed by atoms with Gasteiger partial charge in [0.25, 0.3) is 5.91 Å². The van der Waals surface area contributed by atoms with Crippen LogP contribution >= 0.6 is 11.6 Å². The Labute approximate surface area is 140 Å². The van der Waals surface area contributed by atoms with E-state index in [0.29, 0.717) is 23.7 Å². The molecule has 1 aliphatic heterocycles. The minimum Gasteiger partial charge on any atom is -0.383 e. The molecule has 1 N–H and O–H groups in total. The number of ether oxygens (including phenoxy) is 2. The van der Waals surface area contributed by atoms with E-state index >= 15 is 0 Å². The third-order valence-electron chi connectivity index (χ3n) is 4.49. The summed E-state index contributed by atoms with van der Waals surface area (Å²) in [6.45, 7) is 3.00. The second kappa shape index (κ2) is 6.51. The van der Waals surface area contributed by atoms with Gasteiger partial charge in [0, 0.05) is 42.4 Å². The van der Waals surface area contributed by atoms with Gasteiger partial charge in [-0.2, -0.15) is 0 Å². The molecule has 1 fully saturated rings. The molecule has 124 valence electrons. The van der Waals surface area contributed by atoms with Crippen LogP contribution in [0.4, 0.5) is 0 Å². The van der Waals surface area contributed by atoms with E-state index in [4.69, 9.17) is 21.1 Å². The van der Waals surface area contributed by atoms with Gasteiger partial charge < -0.3 is 19.4 Å². The number of fused-ring (bicyclic) bond motifs is 1. The molecule has 2 aromatic rings. The van der Waals surface area contributed by atoms with Crippen LogP contribution in [0.25, 0.3) is 10.9 Å². The number of nitrogens with one attached hydrogen (secondary N) is 1. The predicted octanol–water partition coefficient (Wildman–Crippen LogP) is 3.01. The minimum absolute atomic E-state index is 0.00221. The summed E-state index contributed by atoms with van der Waals surface area (Å²) in [4.78, 5) is 18.3. The molecule has 0 unspecified atom stereocenters. The molecular weight excluding hydrogens is 316 g/mol. The van der Waals surface area contributed by atoms with Gasteiger partial charge in [0.1, 0.15) is 0 Å². The lowest BCUT2D eigenvalue weighted by atomic mass is 10.1. The smallest absolute Gasteiger partial charge is 0.256 e. The Morgan fingerprint density at radius 3 is 2.91 bits per heavy atom. The van der Waals surface area contributed by atoms with Crippen molar-refractivity contribution >= 4 is 28.4 Å². The molecule has 0 aliphatic carbocycles. The summed E-state index contributed by atoms with van der Waals surface area (Å²) in [6, 6.07) is 5.58. The normalized spacial score (nSPS) is 21.3. The number of methoxy groups -OCH3 is 2. The first-order valence-electron chi connectivity index (χ1n) is 7.65. The van der Waals surface area contributed by atoms with Crippen molar-refractivity contribution in [2.75, 3.05) is 27.4 Å². The van der Waals surface area contributed by atoms with Gasteiger partial charge in [-0.25, -0.2) is 0 Å². The van der Waals surface area contributed by atoms with Crippen LogP contribution in [0.3, 0.4) is 0 Å². The number of halogens is 1. The molecule has 5 nitrogen and oxygen atoms in total. The highest BCUT2D eigenvalue weighted by Crippen LogP contribution is 2.29. The van der Waals surface area contributed by atoms with Crippen LogP contribution in [0.15, 0.2) is 18.2 Å². The van der Waals surface area contributed by atoms with Crippen LogP contribution in [0, 0.1) is 6.92 Å². The number of amides is 1. The fraction of sp³-hybridized carbons (Fsp3) is 0.471. The average Bonchev–Trinajstić information content (AvgIpc) is 3.07. The summed E-state index contributed by atoms with van der Waals surface area (Å²) in [5.74, 6) is -0.00221. The molecule has 6 heteroatoms. The molecule has 1 saturated heterocycles. The van der Waals surface area contributed by atoms with Crippen LogP contribution in [-0.4, -0.2) is 55.3 Å². The standard InChI is InChI=1S/C17H21ClN2O3/c1-10-16(14-6-11(18)4-5-15(14)19-10)17(21)20-8-13(23-3)7-12(20)9-22-2/h4-6,12-13,19H,7-9H2,1-3H3/t12-,13+/m0/s1. The number of H-pyrrole nitrogens is 1. The lowest BCUT2D eigenvalue weighted by Gasteiger charge is -2.24. The number of carbonyl (C=O) groups excluding carboxylic acids is 1. The van der Waals surface area contributed by atoms with Crippen molar-refractivity contribution < 1.29 is 14.3 Å². The number of aromatic nitrogens is 1. The molecular formula is C17H21ClN2O3. The molecule has 1 aliphatic rings. The summed E-state index contributed by atoms with van der Waals surface area (Å²) in [5.41, 5.74) is 2.45. The summed E-state index contributed by atoms with van der Waals surface area (Å²) in [5, 5.41) is 1.48. The van der Waals surface area contributed by atoms with E-state index in [2.05, 4.69) is 4.98 Å². The number of carbonyl (C=O) groups is 1. The lowest BCUT2D eigenvalue weighted by Crippen LogP contribution is -2.38. The molecule has 0 radical (unpaired) electrons. The summed E-state index contributed by atoms with van der Waals surface area (Å²) in [7, 11) is 3.33. The third-order valence-corrected chi connectivity index (χ3v) is 4.73. The van der Waals surface area contributed by atoms with E-state index in [1.165, 1.54) is 0 Å². The maximum Gasteiger partial charge on any atom is 0.256 e. The van der Waals surface area contributed by atoms with Crippen molar-refractivity contribution in [1.29, 1.82) is 0 Å². The Kier molecular flexibility index (Phi) is 4.62. The molecule has 1 amide bonds. The topological polar surface area (TPSA) is 54.6 Å². The largest absolute Gasteiger partial charge is 0.383 e. The number of likely N-dealkylation sites (tertiary alicyclic amines) is 1. The highest BCUT2D eigenvalue weighted by molar-refractivity contribution is 6.31. The quantitative estimate of drug-likeness (QED) is 0.933. The SMILES string of the molecule is COC[C@@H]1C[C@@H](OC)CN1C(=O)c1c(C)[nH]c2ccc(Cl)cc12. The Morgan fingerprint density at radius 1 is 1.43 bits per heavy atom. The zero-order valence-electron chi connectivity index (χ0n) is 13.6. The van der Waals surface area contributed by atoms with Crippen molar-refractivity contribution in [3.05, 3.63) is 34.5 Å². The van der Waals surface area contributed by atoms with Gasteiger partial charge in [0.05, 0.1) is 24.3 Å². The van der Waals surface area contributed by atoms with Crippen LogP contribution in [-0.2, 0) is 9.47 Å². The fourth-order valence-corrected chi connectivity index (χ4v) is 3.53. The van der Waals surface area contributed by atoms with Crippen LogP contribution < -0.4 is 0 Å². The zero-order chi connectivity index (χ0) is 16.6. The van der Waals surface area contributed by atoms with E-state index in [1.54, 1.807) is 14.2 Å². The van der Waals surface area contributed by atoms with Crippen molar-refractivity contribution in [2.24, 2.45) is 0 Å². The second-order valence-electron chi connectivity index (χ2n) is 5.97. The van der Waals surface area contributed by atoms with Crippen LogP contribution in [0.1, 0.15) is 22.5 Å². The third kappa shape index (κ3) is 2.96. The van der Waals surface area contributed by atoms with Crippen LogP contribution in [0.2, 0.25) is 5.02 Å². The Hall–Kier alpha value is -1.56. The number of aryl methyl sites for hydroxylation is 1. The molecule has 23 heavy (non-hydrogen) atoms. The number of benzene rings is 1. The first-order chi connectivity index (χ1) is 11.0. The number of aromatic amines is 1. The van der Waals surface area contributed by atoms with Crippen molar-refractivity contribution in [3.8, 4) is 0 Å². The van der Waals surface area contributed by atoms with Gasteiger partial charge in [-0.05, 0) is 31.5 Å². The Morgan fingerprint density at radius 2 is 2.22 bits per heavy atom. The number of hydrogen-bond donors (Lipinski definition) is 1. The molecule has 0 spiro atoms. The monoisotopic (exact) mass is 336 g/mol. The van der Waals surface area contributed by atoms with Gasteiger partial charge in [0.2, 0.25) is 0 Å². The summed E-state index contributed by atoms with van der Waals surface area (Å²) < 4.78 is 10.7. The first kappa shape index (κ1) is 16.3. The lowest BCUT2D eigenvalue weighted by molar-refractivity contribution is 0.0613. The average molecular weight is 337 g/mol. The van der Waals surface area contributed by atoms with E-state index in [9.17, 15) is 4.79 Å². The maximum absolute atomic E-state index is 13.2. The zero-order valence-corrected chi connectivity index (χ0v) is 14.3. The number of nitrogens with zero attached hydrogens (tertiary/aromatic N) is 1. The van der Waals surface area contributed by atoms with Crippen molar-refractivity contribution in [2.45, 2.75) is 25.5 Å². The summed E-state index contributed by atoms with van der Waals surface area (Å²) in [6.07, 6.45) is 0.839. The van der Waals surface area contributed by atoms with Gasteiger partial charge in [-0.1, -0.05) is 11.6 Å². The Balaban J connectivity index is 1.99. The van der Waals surface area contributed by atoms with Crippen LogP contribution in [0.5, 0.6) is 0 Å². The fourth-order valence-electron chi connectivity index (χ4n) is 3.36. The second-order valence-corrected chi connectivity index (χ2v) is 6.41. The molecule has 3 rings (SSSR count). The predicted molar refractivity (Wildman–Crippen MR) is 90.2 cm³/mol. The van der Waals surface area contributed by atoms with E-state index in [0.717, 1.165) is 23.0 Å². The molecule has 2 atom stereocenters. The highest BCUT2D eigenvalue weighted by Gasteiger charge is 2.37. The van der Waals surface area contributed by atoms with Gasteiger partial charge >= 0.3 is 0 Å². The minimum atomic E-state index is -0.00221. The summed E-state index contributed by atoms with van der Waals surface area (Å²) >= 11 is 6.11. The number of rotatable bonds is 4. The van der Waals surface area contributed by atoms with Gasteiger partial charge in [-0.3, -0.25) is 4.79 Å². The van der Waals surface area contributed by atoms with E-state index in [-0.39, 0.29) is 18.1 Å². The molecule has 2 heterocycles. The number of hydrogen-bond acceptors (Lipinski definition) is 3. The van der Waals surface area contributed by atoms with Crippen molar-refractivity contribution in [3.63, 3.8) is 0 Å². The van der Waals surface area contributed by atoms with Gasteiger partial charge in [-0.15, -0.1) is 0 Å². The van der Waals surface area contributed by atoms with Crippen molar-refractivity contribution in [1.82, 2.24) is 9.88 Å². The van der Waals surface area contributed by atoms with E-state index < -0.39 is 0 Å². The molecule has 1 aromatic heterocycles. The van der Waals surface area contributed by atoms with Gasteiger partial charge in [0.15, 0.2) is 0 Å². The molecule has 0 saturated carbocycles. The maximum atomic E-state index is 13.2. The molecule has 1 aromatic carbocycles. The Bertz CT molecular complexity index is 728. The highest BCUT2D eigenvalue weighted by atomic mass is 35.5. The molecule has 0 bridgehead atoms.